The fourth-order valence-corrected chi connectivity index (χ4v) is 14.0. The summed E-state index contributed by atoms with van der Waals surface area (Å²) in [5.41, 5.74) is 11.0. The number of halogens is 10. The van der Waals surface area contributed by atoms with E-state index in [1.54, 1.807) is 220 Å². The third kappa shape index (κ3) is 24.9. The van der Waals surface area contributed by atoms with Crippen LogP contribution in [0.2, 0.25) is 0 Å². The SMILES string of the molecule is CNC(C(=O)Nc1cc2c(/C=C/c3ccc(F)cc3)n[nH]c2cc1F)C(C)C.O=C(Nc1cc2c(/C=C/c3ccc(F)cc3)n[nH]c2cc1F)c1ccccc1.O=C(Nc1cc2c(/C=C/c3ccc(F)cc3)n[nH]c2cc1F)c1ccccn1.O=C(Nc1cc2c(/C=C/c3ccc(F)cc3)n[nH]c2cc1F)c1cccnc1.O=C(Nc1cc2c(/C=C/c3ccc(F)cc3)n[nH]c2cc1F)c1ccncc1. The zero-order chi connectivity index (χ0) is 98.3. The van der Waals surface area contributed by atoms with E-state index in [0.717, 1.165) is 27.8 Å². The van der Waals surface area contributed by atoms with Crippen molar-refractivity contribution in [1.29, 1.82) is 0 Å². The number of rotatable bonds is 22. The Hall–Kier alpha value is -18.5. The molecule has 0 bridgehead atoms. The first-order valence-electron chi connectivity index (χ1n) is 42.8. The predicted octanol–water partition coefficient (Wildman–Crippen LogP) is 23.4. The number of likely N-dealkylation sites (N-methyl/N-ethyl adjacent to an activating group) is 1. The Morgan fingerprint density at radius 3 is 0.857 bits per heavy atom. The number of hydrogen-bond donors (Lipinski definition) is 11. The molecule has 698 valence electrons. The number of amides is 5. The number of pyridine rings is 3. The van der Waals surface area contributed by atoms with Crippen molar-refractivity contribution in [3.8, 4) is 0 Å². The highest BCUT2D eigenvalue weighted by atomic mass is 19.2. The maximum atomic E-state index is 14.4. The van der Waals surface area contributed by atoms with Crippen molar-refractivity contribution in [2.75, 3.05) is 33.6 Å². The number of anilines is 5. The largest absolute Gasteiger partial charge is 0.322 e. The van der Waals surface area contributed by atoms with Crippen molar-refractivity contribution < 1.29 is 67.9 Å². The van der Waals surface area contributed by atoms with Crippen molar-refractivity contribution in [3.05, 3.63) is 423 Å². The molecule has 0 spiro atoms. The summed E-state index contributed by atoms with van der Waals surface area (Å²) in [6, 6.07) is 63.5. The lowest BCUT2D eigenvalue weighted by Gasteiger charge is -2.19. The van der Waals surface area contributed by atoms with Crippen LogP contribution >= 0.6 is 0 Å². The number of carbonyl (C=O) groups excluding carboxylic acids is 5. The van der Waals surface area contributed by atoms with Gasteiger partial charge < -0.3 is 31.9 Å². The minimum atomic E-state index is -0.588. The van der Waals surface area contributed by atoms with E-state index < -0.39 is 58.8 Å². The lowest BCUT2D eigenvalue weighted by Crippen LogP contribution is -2.42. The molecule has 11 N–H and O–H groups in total. The van der Waals surface area contributed by atoms with Gasteiger partial charge >= 0.3 is 0 Å². The molecule has 24 nitrogen and oxygen atoms in total. The summed E-state index contributed by atoms with van der Waals surface area (Å²) in [4.78, 5) is 73.3. The number of benzene rings is 11. The summed E-state index contributed by atoms with van der Waals surface area (Å²) in [6.45, 7) is 3.82. The lowest BCUT2D eigenvalue weighted by atomic mass is 10.0. The van der Waals surface area contributed by atoms with E-state index in [1.807, 2.05) is 13.8 Å². The number of H-pyrrole nitrogens is 5. The smallest absolute Gasteiger partial charge is 0.274 e. The topological polar surface area (TPSA) is 340 Å². The van der Waals surface area contributed by atoms with Crippen molar-refractivity contribution in [1.82, 2.24) is 71.3 Å². The van der Waals surface area contributed by atoms with Crippen LogP contribution in [-0.2, 0) is 4.79 Å². The van der Waals surface area contributed by atoms with E-state index in [9.17, 15) is 67.9 Å². The monoisotopic (exact) mass is 1890 g/mol. The van der Waals surface area contributed by atoms with Gasteiger partial charge in [0, 0.05) is 99.4 Å². The molecule has 0 radical (unpaired) electrons. The van der Waals surface area contributed by atoms with Crippen LogP contribution in [0.4, 0.5) is 72.3 Å². The molecular formula is C106H79F10N19O5. The molecule has 1 atom stereocenters. The van der Waals surface area contributed by atoms with Crippen LogP contribution in [-0.4, -0.2) is 109 Å². The molecule has 0 aliphatic carbocycles. The van der Waals surface area contributed by atoms with Gasteiger partial charge in [0.2, 0.25) is 5.91 Å². The number of fused-ring (bicyclic) bond motifs is 5. The highest BCUT2D eigenvalue weighted by Crippen LogP contribution is 2.33. The molecule has 0 saturated heterocycles. The number of hydrogen-bond acceptors (Lipinski definition) is 14. The maximum Gasteiger partial charge on any atom is 0.274 e. The van der Waals surface area contributed by atoms with E-state index in [2.05, 4.69) is 97.8 Å². The van der Waals surface area contributed by atoms with Gasteiger partial charge in [-0.25, -0.2) is 43.9 Å². The zero-order valence-corrected chi connectivity index (χ0v) is 74.0. The quantitative estimate of drug-likeness (QED) is 0.0281. The van der Waals surface area contributed by atoms with E-state index >= 15 is 0 Å². The lowest BCUT2D eigenvalue weighted by molar-refractivity contribution is -0.119. The minimum Gasteiger partial charge on any atom is -0.322 e. The van der Waals surface area contributed by atoms with Crippen molar-refractivity contribution in [2.24, 2.45) is 5.92 Å². The second kappa shape index (κ2) is 45.0. The third-order valence-corrected chi connectivity index (χ3v) is 21.2. The summed E-state index contributed by atoms with van der Waals surface area (Å²) in [7, 11) is 1.69. The molecule has 140 heavy (non-hydrogen) atoms. The van der Waals surface area contributed by atoms with Gasteiger partial charge in [-0.05, 0) is 211 Å². The van der Waals surface area contributed by atoms with E-state index in [1.165, 1.54) is 134 Å². The van der Waals surface area contributed by atoms with Gasteiger partial charge in [-0.1, -0.05) is 129 Å². The standard InChI is InChI=1S/C22H15F2N3O.3C21H14F2N4O.C21H22F2N4O/c23-16-9-6-14(7-10-16)8-11-19-17-12-21(18(24)13-20(17)27-26-19)25-22(28)15-4-2-1-3-5-15;22-15-4-1-13(2-5-15)3-6-18-16-11-20(17(23)12-19(16)27-26-18)25-21(28)14-7-9-24-10-8-14;22-15-6-3-13(4-7-15)5-8-18-16-10-20(17(23)11-19(16)27-26-18)25-21(28)14-2-1-9-24-12-14;22-14-7-4-13(5-8-14)6-9-17-15-11-20(16(23)12-19(15)27-26-17)25-21(28)18-3-1-2-10-24-18;1-12(2)20(24-3)21(28)25-19-10-15-17(26-27-18(15)11-16(19)23)9-6-13-4-7-14(22)8-5-13/h1-13H,(H,25,28)(H,26,27);3*1-12H,(H,25,28)(H,26,27);4-12,20,24H,1-3H3,(H,25,28)(H,26,27)/b11-8+;6-3+;8-5+;2*9-6+. The van der Waals surface area contributed by atoms with Crippen LogP contribution < -0.4 is 31.9 Å². The highest BCUT2D eigenvalue weighted by Gasteiger charge is 2.24. The molecule has 0 fully saturated rings. The fourth-order valence-electron chi connectivity index (χ4n) is 14.0. The van der Waals surface area contributed by atoms with Crippen molar-refractivity contribution in [2.45, 2.75) is 19.9 Å². The molecular weight excluding hydrogens is 1810 g/mol. The summed E-state index contributed by atoms with van der Waals surface area (Å²) >= 11 is 0. The van der Waals surface area contributed by atoms with Gasteiger partial charge in [0.25, 0.3) is 23.6 Å². The first-order valence-corrected chi connectivity index (χ1v) is 42.8. The second-order valence-corrected chi connectivity index (χ2v) is 31.2. The number of carbonyl (C=O) groups is 5. The molecule has 0 aliphatic heterocycles. The zero-order valence-electron chi connectivity index (χ0n) is 74.0. The van der Waals surface area contributed by atoms with Gasteiger partial charge in [0.05, 0.1) is 96.1 Å². The maximum absolute atomic E-state index is 14.4. The molecule has 8 heterocycles. The van der Waals surface area contributed by atoms with E-state index in [-0.39, 0.29) is 75.0 Å². The molecule has 0 aliphatic rings. The van der Waals surface area contributed by atoms with Crippen LogP contribution in [0.3, 0.4) is 0 Å². The number of aromatic nitrogens is 13. The first-order chi connectivity index (χ1) is 67.8. The summed E-state index contributed by atoms with van der Waals surface area (Å²) in [5.74, 6) is -6.46. The molecule has 11 aromatic carbocycles. The predicted molar refractivity (Wildman–Crippen MR) is 524 cm³/mol. The third-order valence-electron chi connectivity index (χ3n) is 21.2. The van der Waals surface area contributed by atoms with Gasteiger partial charge in [0.15, 0.2) is 0 Å². The van der Waals surface area contributed by atoms with Gasteiger partial charge in [-0.15, -0.1) is 0 Å². The molecule has 1 unspecified atom stereocenters. The fraction of sp³-hybridized carbons (Fsp3) is 0.0472. The Bertz CT molecular complexity index is 7060. The normalized spacial score (nSPS) is 11.5. The Morgan fingerprint density at radius 2 is 0.571 bits per heavy atom. The Kier molecular flexibility index (Phi) is 30.9. The molecule has 19 aromatic rings. The Morgan fingerprint density at radius 1 is 0.286 bits per heavy atom. The van der Waals surface area contributed by atoms with Crippen LogP contribution in [0.1, 0.15) is 112 Å². The summed E-state index contributed by atoms with van der Waals surface area (Å²) < 4.78 is 137. The van der Waals surface area contributed by atoms with E-state index in [4.69, 9.17) is 0 Å². The number of nitrogens with one attached hydrogen (secondary N) is 11. The molecule has 5 amide bonds. The average Bonchev–Trinajstić information content (AvgIpc) is 1.66. The van der Waals surface area contributed by atoms with Gasteiger partial charge in [0.1, 0.15) is 63.9 Å². The van der Waals surface area contributed by atoms with Crippen LogP contribution in [0.5, 0.6) is 0 Å². The number of nitrogens with zero attached hydrogens (tertiary/aromatic N) is 8. The van der Waals surface area contributed by atoms with Crippen molar-refractivity contribution >= 4 is 173 Å². The first kappa shape index (κ1) is 96.1. The van der Waals surface area contributed by atoms with Crippen molar-refractivity contribution in [3.63, 3.8) is 0 Å². The molecule has 19 rings (SSSR count). The summed E-state index contributed by atoms with van der Waals surface area (Å²) in [6.07, 6.45) is 25.0. The highest BCUT2D eigenvalue weighted by molar-refractivity contribution is 6.09. The summed E-state index contributed by atoms with van der Waals surface area (Å²) in [5, 5.41) is 53.8. The molecule has 34 heteroatoms. The Labute approximate surface area is 790 Å². The van der Waals surface area contributed by atoms with Crippen LogP contribution in [0.15, 0.2) is 286 Å². The van der Waals surface area contributed by atoms with Gasteiger partial charge in [-0.2, -0.15) is 25.5 Å². The van der Waals surface area contributed by atoms with Crippen LogP contribution in [0, 0.1) is 64.1 Å². The second-order valence-electron chi connectivity index (χ2n) is 31.2. The molecule has 0 saturated carbocycles. The minimum absolute atomic E-state index is 0.0287. The number of aromatic amines is 5. The van der Waals surface area contributed by atoms with Gasteiger partial charge in [-0.3, -0.25) is 64.4 Å². The molecule has 8 aromatic heterocycles. The Balaban J connectivity index is 0.000000132. The van der Waals surface area contributed by atoms with E-state index in [0.29, 0.717) is 99.7 Å². The van der Waals surface area contributed by atoms with Crippen LogP contribution in [0.25, 0.3) is 115 Å². The average molecular weight is 1890 g/mol.